The molecule has 0 saturated heterocycles. The molecule has 0 amide bonds. The van der Waals surface area contributed by atoms with Crippen molar-refractivity contribution < 1.29 is 4.74 Å². The first kappa shape index (κ1) is 24.0. The van der Waals surface area contributed by atoms with E-state index in [4.69, 9.17) is 9.72 Å². The largest absolute Gasteiger partial charge is 0.456 e. The second-order valence-electron chi connectivity index (χ2n) is 12.8. The Balaban J connectivity index is 1.66. The number of aromatic nitrogens is 1. The van der Waals surface area contributed by atoms with Crippen molar-refractivity contribution in [3.63, 3.8) is 0 Å². The summed E-state index contributed by atoms with van der Waals surface area (Å²) in [6, 6.07) is 20.5. The fourth-order valence-corrected chi connectivity index (χ4v) is 5.96. The average molecular weight is 488 g/mol. The van der Waals surface area contributed by atoms with Gasteiger partial charge in [0.05, 0.1) is 11.1 Å². The minimum atomic E-state index is 0.122. The topological polar surface area (TPSA) is 22.1 Å². The Hall–Kier alpha value is -3.39. The number of rotatable bonds is 4. The SMILES string of the molecule is CC(C)Cc1ccc2c(c1)cc1c3c(nccc32)-c2cc3cc(C(C)C)ccc3c(CC(C)(C)C)c2O1. The lowest BCUT2D eigenvalue weighted by molar-refractivity contribution is 0.400. The third-order valence-electron chi connectivity index (χ3n) is 7.59. The molecule has 2 heterocycles. The normalized spacial score (nSPS) is 13.1. The molecule has 0 aliphatic carbocycles. The van der Waals surface area contributed by atoms with Gasteiger partial charge in [0.1, 0.15) is 11.5 Å². The summed E-state index contributed by atoms with van der Waals surface area (Å²) in [5.74, 6) is 3.01. The van der Waals surface area contributed by atoms with E-state index in [9.17, 15) is 0 Å². The van der Waals surface area contributed by atoms with Gasteiger partial charge in [-0.15, -0.1) is 0 Å². The smallest absolute Gasteiger partial charge is 0.140 e. The molecule has 2 nitrogen and oxygen atoms in total. The fourth-order valence-electron chi connectivity index (χ4n) is 5.96. The molecule has 5 aromatic rings. The number of benzene rings is 4. The minimum absolute atomic E-state index is 0.122. The third kappa shape index (κ3) is 4.17. The molecule has 0 spiro atoms. The van der Waals surface area contributed by atoms with E-state index < -0.39 is 0 Å². The fraction of sp³-hybridized carbons (Fsp3) is 0.343. The summed E-state index contributed by atoms with van der Waals surface area (Å²) in [4.78, 5) is 4.96. The summed E-state index contributed by atoms with van der Waals surface area (Å²) in [6.45, 7) is 16.0. The van der Waals surface area contributed by atoms with Crippen LogP contribution < -0.4 is 4.74 Å². The zero-order valence-corrected chi connectivity index (χ0v) is 23.2. The highest BCUT2D eigenvalue weighted by Gasteiger charge is 2.28. The van der Waals surface area contributed by atoms with Crippen LogP contribution in [0.3, 0.4) is 0 Å². The lowest BCUT2D eigenvalue weighted by Crippen LogP contribution is -2.12. The molecule has 1 aromatic heterocycles. The van der Waals surface area contributed by atoms with Gasteiger partial charge in [-0.25, -0.2) is 0 Å². The first-order valence-electron chi connectivity index (χ1n) is 13.7. The highest BCUT2D eigenvalue weighted by atomic mass is 16.5. The molecule has 0 unspecified atom stereocenters. The molecule has 0 N–H and O–H groups in total. The number of hydrogen-bond acceptors (Lipinski definition) is 2. The van der Waals surface area contributed by atoms with Crippen molar-refractivity contribution in [2.24, 2.45) is 11.3 Å². The van der Waals surface area contributed by atoms with Crippen molar-refractivity contribution in [3.8, 4) is 22.8 Å². The van der Waals surface area contributed by atoms with Gasteiger partial charge < -0.3 is 4.74 Å². The van der Waals surface area contributed by atoms with E-state index in [-0.39, 0.29) is 5.41 Å². The van der Waals surface area contributed by atoms with E-state index in [0.29, 0.717) is 11.8 Å². The molecule has 0 bridgehead atoms. The molecule has 0 fully saturated rings. The van der Waals surface area contributed by atoms with Crippen LogP contribution in [0.25, 0.3) is 43.6 Å². The molecule has 0 atom stereocenters. The van der Waals surface area contributed by atoms with Crippen LogP contribution in [-0.4, -0.2) is 4.98 Å². The van der Waals surface area contributed by atoms with E-state index in [0.717, 1.165) is 41.0 Å². The van der Waals surface area contributed by atoms with E-state index in [1.54, 1.807) is 0 Å². The summed E-state index contributed by atoms with van der Waals surface area (Å²) in [5.41, 5.74) is 6.29. The Morgan fingerprint density at radius 1 is 0.811 bits per heavy atom. The Labute approximate surface area is 220 Å². The summed E-state index contributed by atoms with van der Waals surface area (Å²) >= 11 is 0. The monoisotopic (exact) mass is 487 g/mol. The molecular formula is C35H37NO. The number of fused-ring (bicyclic) bond motifs is 5. The molecule has 188 valence electrons. The van der Waals surface area contributed by atoms with Crippen LogP contribution >= 0.6 is 0 Å². The van der Waals surface area contributed by atoms with Crippen LogP contribution in [0.4, 0.5) is 0 Å². The number of nitrogens with zero attached hydrogens (tertiary/aromatic N) is 1. The van der Waals surface area contributed by atoms with Gasteiger partial charge in [-0.3, -0.25) is 4.98 Å². The van der Waals surface area contributed by atoms with Crippen molar-refractivity contribution >= 4 is 32.3 Å². The summed E-state index contributed by atoms with van der Waals surface area (Å²) in [6.07, 6.45) is 3.98. The zero-order chi connectivity index (χ0) is 26.1. The van der Waals surface area contributed by atoms with Gasteiger partial charge in [-0.2, -0.15) is 0 Å². The third-order valence-corrected chi connectivity index (χ3v) is 7.59. The number of ether oxygens (including phenoxy) is 1. The van der Waals surface area contributed by atoms with Gasteiger partial charge >= 0.3 is 0 Å². The van der Waals surface area contributed by atoms with E-state index in [1.807, 2.05) is 6.20 Å². The van der Waals surface area contributed by atoms with Gasteiger partial charge in [-0.05, 0) is 86.3 Å². The van der Waals surface area contributed by atoms with Crippen molar-refractivity contribution in [1.29, 1.82) is 0 Å². The molecule has 1 aliphatic rings. The maximum absolute atomic E-state index is 6.90. The second-order valence-corrected chi connectivity index (χ2v) is 12.8. The average Bonchev–Trinajstić information content (AvgIpc) is 2.83. The number of pyridine rings is 1. The highest BCUT2D eigenvalue weighted by Crippen LogP contribution is 2.51. The van der Waals surface area contributed by atoms with Crippen LogP contribution in [0.2, 0.25) is 0 Å². The van der Waals surface area contributed by atoms with Crippen molar-refractivity contribution in [2.75, 3.05) is 0 Å². The van der Waals surface area contributed by atoms with E-state index >= 15 is 0 Å². The maximum Gasteiger partial charge on any atom is 0.140 e. The maximum atomic E-state index is 6.90. The predicted octanol–water partition coefficient (Wildman–Crippen LogP) is 10.2. The van der Waals surface area contributed by atoms with Crippen molar-refractivity contribution in [3.05, 3.63) is 77.5 Å². The number of hydrogen-bond donors (Lipinski definition) is 0. The summed E-state index contributed by atoms with van der Waals surface area (Å²) < 4.78 is 6.90. The summed E-state index contributed by atoms with van der Waals surface area (Å²) in [7, 11) is 0. The lowest BCUT2D eigenvalue weighted by Gasteiger charge is -2.28. The van der Waals surface area contributed by atoms with Crippen LogP contribution in [0, 0.1) is 11.3 Å². The minimum Gasteiger partial charge on any atom is -0.456 e. The molecule has 4 aromatic carbocycles. The van der Waals surface area contributed by atoms with Gasteiger partial charge in [0, 0.05) is 17.3 Å². The highest BCUT2D eigenvalue weighted by molar-refractivity contribution is 6.16. The van der Waals surface area contributed by atoms with Crippen molar-refractivity contribution in [2.45, 2.75) is 67.2 Å². The molecule has 2 heteroatoms. The lowest BCUT2D eigenvalue weighted by atomic mass is 9.82. The van der Waals surface area contributed by atoms with Crippen LogP contribution in [-0.2, 0) is 12.8 Å². The van der Waals surface area contributed by atoms with Crippen LogP contribution in [0.1, 0.15) is 71.1 Å². The van der Waals surface area contributed by atoms with Gasteiger partial charge in [-0.1, -0.05) is 84.9 Å². The van der Waals surface area contributed by atoms with Crippen molar-refractivity contribution in [1.82, 2.24) is 4.98 Å². The van der Waals surface area contributed by atoms with Gasteiger partial charge in [0.2, 0.25) is 0 Å². The first-order valence-corrected chi connectivity index (χ1v) is 13.7. The molecule has 37 heavy (non-hydrogen) atoms. The molecule has 0 radical (unpaired) electrons. The Morgan fingerprint density at radius 3 is 2.30 bits per heavy atom. The summed E-state index contributed by atoms with van der Waals surface area (Å²) in [5, 5.41) is 7.40. The van der Waals surface area contributed by atoms with E-state index in [2.05, 4.69) is 103 Å². The van der Waals surface area contributed by atoms with Gasteiger partial charge in [0.15, 0.2) is 0 Å². The molecule has 1 aliphatic heterocycles. The molecule has 6 rings (SSSR count). The zero-order valence-electron chi connectivity index (χ0n) is 23.2. The second kappa shape index (κ2) is 8.58. The molecule has 0 saturated carbocycles. The van der Waals surface area contributed by atoms with E-state index in [1.165, 1.54) is 43.6 Å². The quantitative estimate of drug-likeness (QED) is 0.231. The van der Waals surface area contributed by atoms with Gasteiger partial charge in [0.25, 0.3) is 0 Å². The Kier molecular flexibility index (Phi) is 5.56. The predicted molar refractivity (Wildman–Crippen MR) is 158 cm³/mol. The first-order chi connectivity index (χ1) is 17.6. The Morgan fingerprint density at radius 2 is 1.57 bits per heavy atom. The van der Waals surface area contributed by atoms with Crippen LogP contribution in [0.15, 0.2) is 60.8 Å². The Bertz CT molecular complexity index is 1680. The van der Waals surface area contributed by atoms with Crippen LogP contribution in [0.5, 0.6) is 11.5 Å². The standard InChI is InChI=1S/C35H37NO/c1-20(2)14-22-8-10-26-24(15-22)18-31-32-28(26)12-13-36-33(32)29-17-25-16-23(21(3)4)9-11-27(25)30(34(29)37-31)19-35(5,6)7/h8-13,15-18,20-21H,14,19H2,1-7H3. The molecular weight excluding hydrogens is 450 g/mol.